The largest absolute Gasteiger partial charge is 0.394 e. The van der Waals surface area contributed by atoms with E-state index in [2.05, 4.69) is 15.6 Å². The second kappa shape index (κ2) is 6.46. The molecule has 0 spiro atoms. The first-order chi connectivity index (χ1) is 8.53. The Kier molecular flexibility index (Phi) is 5.24. The van der Waals surface area contributed by atoms with Gasteiger partial charge in [0.15, 0.2) is 11.9 Å². The molecule has 0 aliphatic carbocycles. The van der Waals surface area contributed by atoms with Crippen LogP contribution in [0.25, 0.3) is 0 Å². The number of carbonyl (C=O) groups excluding carboxylic acids is 1. The van der Waals surface area contributed by atoms with Gasteiger partial charge in [-0.15, -0.1) is 0 Å². The second-order valence-corrected chi connectivity index (χ2v) is 4.17. The number of ether oxygens (including phenoxy) is 1. The third kappa shape index (κ3) is 3.78. The maximum atomic E-state index is 14.1. The zero-order chi connectivity index (χ0) is 13.6. The van der Waals surface area contributed by atoms with E-state index in [1.165, 1.54) is 26.2 Å². The highest BCUT2D eigenvalue weighted by molar-refractivity contribution is 5.93. The molecule has 102 valence electrons. The summed E-state index contributed by atoms with van der Waals surface area (Å²) in [5, 5.41) is 14.1. The van der Waals surface area contributed by atoms with Gasteiger partial charge in [-0.05, 0) is 13.0 Å². The van der Waals surface area contributed by atoms with Crippen molar-refractivity contribution in [2.24, 2.45) is 4.99 Å². The SMILES string of the molecule is CN=C(/C=C\NC=O)NC1OC(CO)CC1(C)F. The average molecular weight is 259 g/mol. The smallest absolute Gasteiger partial charge is 0.211 e. The predicted octanol–water partition coefficient (Wildman–Crippen LogP) is -0.301. The van der Waals surface area contributed by atoms with Crippen molar-refractivity contribution in [2.45, 2.75) is 31.3 Å². The molecule has 3 unspecified atom stereocenters. The Morgan fingerprint density at radius 1 is 1.72 bits per heavy atom. The van der Waals surface area contributed by atoms with Gasteiger partial charge in [-0.3, -0.25) is 9.79 Å². The van der Waals surface area contributed by atoms with Gasteiger partial charge in [-0.2, -0.15) is 0 Å². The summed E-state index contributed by atoms with van der Waals surface area (Å²) in [7, 11) is 1.53. The number of halogens is 1. The third-order valence-corrected chi connectivity index (χ3v) is 2.63. The number of rotatable bonds is 5. The van der Waals surface area contributed by atoms with Crippen molar-refractivity contribution in [1.29, 1.82) is 0 Å². The van der Waals surface area contributed by atoms with Gasteiger partial charge in [0.25, 0.3) is 0 Å². The number of hydrogen-bond donors (Lipinski definition) is 3. The topological polar surface area (TPSA) is 83.0 Å². The molecule has 0 saturated carbocycles. The fourth-order valence-electron chi connectivity index (χ4n) is 1.71. The highest BCUT2D eigenvalue weighted by Crippen LogP contribution is 2.32. The summed E-state index contributed by atoms with van der Waals surface area (Å²) in [4.78, 5) is 14.0. The molecule has 3 N–H and O–H groups in total. The Bertz CT molecular complexity index is 344. The van der Waals surface area contributed by atoms with E-state index < -0.39 is 18.0 Å². The van der Waals surface area contributed by atoms with Gasteiger partial charge >= 0.3 is 0 Å². The number of aliphatic hydroxyl groups is 1. The zero-order valence-electron chi connectivity index (χ0n) is 10.4. The molecule has 1 amide bonds. The van der Waals surface area contributed by atoms with E-state index in [-0.39, 0.29) is 13.0 Å². The molecule has 0 bridgehead atoms. The molecule has 1 heterocycles. The molecule has 3 atom stereocenters. The van der Waals surface area contributed by atoms with Gasteiger partial charge in [-0.1, -0.05) is 0 Å². The molecule has 0 aromatic carbocycles. The number of nitrogens with zero attached hydrogens (tertiary/aromatic N) is 1. The minimum absolute atomic E-state index is 0.120. The molecular formula is C11H18FN3O3. The number of carbonyl (C=O) groups is 1. The number of aliphatic hydroxyl groups excluding tert-OH is 1. The van der Waals surface area contributed by atoms with E-state index in [0.717, 1.165) is 0 Å². The van der Waals surface area contributed by atoms with Crippen molar-refractivity contribution in [1.82, 2.24) is 10.6 Å². The molecule has 0 radical (unpaired) electrons. The molecule has 0 aromatic heterocycles. The summed E-state index contributed by atoms with van der Waals surface area (Å²) in [5.41, 5.74) is -1.59. The van der Waals surface area contributed by atoms with Crippen LogP contribution in [0.2, 0.25) is 0 Å². The summed E-state index contributed by atoms with van der Waals surface area (Å²) in [6.45, 7) is 1.18. The van der Waals surface area contributed by atoms with Crippen molar-refractivity contribution in [2.75, 3.05) is 13.7 Å². The Morgan fingerprint density at radius 3 is 2.94 bits per heavy atom. The highest BCUT2D eigenvalue weighted by Gasteiger charge is 2.45. The van der Waals surface area contributed by atoms with Crippen LogP contribution in [0.3, 0.4) is 0 Å². The van der Waals surface area contributed by atoms with Crippen LogP contribution in [0.5, 0.6) is 0 Å². The van der Waals surface area contributed by atoms with Crippen LogP contribution in [-0.4, -0.2) is 49.0 Å². The number of aliphatic imine (C=N–C) groups is 1. The van der Waals surface area contributed by atoms with Crippen LogP contribution in [-0.2, 0) is 9.53 Å². The van der Waals surface area contributed by atoms with Gasteiger partial charge in [-0.25, -0.2) is 4.39 Å². The van der Waals surface area contributed by atoms with E-state index >= 15 is 0 Å². The Morgan fingerprint density at radius 2 is 2.44 bits per heavy atom. The lowest BCUT2D eigenvalue weighted by Crippen LogP contribution is -2.45. The summed E-state index contributed by atoms with van der Waals surface area (Å²) < 4.78 is 19.5. The molecule has 0 aromatic rings. The van der Waals surface area contributed by atoms with Crippen molar-refractivity contribution >= 4 is 12.2 Å². The second-order valence-electron chi connectivity index (χ2n) is 4.17. The third-order valence-electron chi connectivity index (χ3n) is 2.63. The lowest BCUT2D eigenvalue weighted by Gasteiger charge is -2.23. The van der Waals surface area contributed by atoms with E-state index in [0.29, 0.717) is 12.2 Å². The van der Waals surface area contributed by atoms with Crippen LogP contribution in [0.4, 0.5) is 4.39 Å². The van der Waals surface area contributed by atoms with Gasteiger partial charge in [0.1, 0.15) is 5.84 Å². The molecule has 1 rings (SSSR count). The minimum Gasteiger partial charge on any atom is -0.394 e. The van der Waals surface area contributed by atoms with Crippen LogP contribution < -0.4 is 10.6 Å². The first-order valence-corrected chi connectivity index (χ1v) is 5.58. The van der Waals surface area contributed by atoms with E-state index in [4.69, 9.17) is 9.84 Å². The number of hydrogen-bond acceptors (Lipinski definition) is 4. The van der Waals surface area contributed by atoms with E-state index in [1.54, 1.807) is 0 Å². The number of amides is 1. The van der Waals surface area contributed by atoms with Crippen molar-refractivity contribution in [3.8, 4) is 0 Å². The summed E-state index contributed by atoms with van der Waals surface area (Å²) in [5.74, 6) is 0.372. The molecule has 7 heteroatoms. The molecule has 18 heavy (non-hydrogen) atoms. The lowest BCUT2D eigenvalue weighted by atomic mass is 10.0. The molecule has 6 nitrogen and oxygen atoms in total. The lowest BCUT2D eigenvalue weighted by molar-refractivity contribution is -0.108. The summed E-state index contributed by atoms with van der Waals surface area (Å²) in [6.07, 6.45) is 2.09. The maximum Gasteiger partial charge on any atom is 0.211 e. The predicted molar refractivity (Wildman–Crippen MR) is 64.7 cm³/mol. The number of amidine groups is 1. The zero-order valence-corrected chi connectivity index (χ0v) is 10.4. The molecule has 1 aliphatic rings. The van der Waals surface area contributed by atoms with Gasteiger partial charge in [0.2, 0.25) is 6.41 Å². The van der Waals surface area contributed by atoms with E-state index in [9.17, 15) is 9.18 Å². The van der Waals surface area contributed by atoms with Gasteiger partial charge in [0.05, 0.1) is 12.7 Å². The standard InChI is InChI=1S/C11H18FN3O3/c1-11(12)5-8(6-16)18-10(11)15-9(13-2)3-4-14-7-17/h3-4,7-8,10,16H,5-6H2,1-2H3,(H,13,15)(H,14,17)/b4-3-. The molecular weight excluding hydrogens is 241 g/mol. The monoisotopic (exact) mass is 259 g/mol. The molecule has 1 saturated heterocycles. The fourth-order valence-corrected chi connectivity index (χ4v) is 1.71. The number of alkyl halides is 1. The minimum atomic E-state index is -1.59. The highest BCUT2D eigenvalue weighted by atomic mass is 19.1. The Labute approximate surface area is 105 Å². The quantitative estimate of drug-likeness (QED) is 0.359. The summed E-state index contributed by atoms with van der Waals surface area (Å²) in [6, 6.07) is 0. The Balaban J connectivity index is 2.62. The Hall–Kier alpha value is -1.47. The van der Waals surface area contributed by atoms with Crippen molar-refractivity contribution in [3.05, 3.63) is 12.3 Å². The van der Waals surface area contributed by atoms with Crippen LogP contribution >= 0.6 is 0 Å². The summed E-state index contributed by atoms with van der Waals surface area (Å²) >= 11 is 0. The number of nitrogens with one attached hydrogen (secondary N) is 2. The van der Waals surface area contributed by atoms with Gasteiger partial charge in [0, 0.05) is 19.7 Å². The fraction of sp³-hybridized carbons (Fsp3) is 0.636. The molecule has 1 fully saturated rings. The van der Waals surface area contributed by atoms with Crippen molar-refractivity contribution < 1.29 is 19.0 Å². The van der Waals surface area contributed by atoms with Crippen LogP contribution in [0.1, 0.15) is 13.3 Å². The average Bonchev–Trinajstić information content (AvgIpc) is 2.63. The van der Waals surface area contributed by atoms with Crippen LogP contribution in [0.15, 0.2) is 17.3 Å². The molecule has 1 aliphatic heterocycles. The maximum absolute atomic E-state index is 14.1. The van der Waals surface area contributed by atoms with Crippen molar-refractivity contribution in [3.63, 3.8) is 0 Å². The first kappa shape index (κ1) is 14.6. The normalized spacial score (nSPS) is 32.8. The van der Waals surface area contributed by atoms with E-state index in [1.807, 2.05) is 0 Å². The first-order valence-electron chi connectivity index (χ1n) is 5.58. The van der Waals surface area contributed by atoms with Gasteiger partial charge < -0.3 is 20.5 Å². The van der Waals surface area contributed by atoms with Crippen LogP contribution in [0, 0.1) is 0 Å².